The Balaban J connectivity index is 1.67. The molecule has 3 N–H and O–H groups in total. The molecule has 0 saturated carbocycles. The maximum atomic E-state index is 15.4. The summed E-state index contributed by atoms with van der Waals surface area (Å²) in [6, 6.07) is 5.12. The van der Waals surface area contributed by atoms with E-state index in [0.717, 1.165) is 0 Å². The van der Waals surface area contributed by atoms with Crippen molar-refractivity contribution in [3.8, 4) is 23.1 Å². The van der Waals surface area contributed by atoms with Crippen molar-refractivity contribution in [1.82, 2.24) is 9.97 Å². The van der Waals surface area contributed by atoms with Gasteiger partial charge in [0.25, 0.3) is 0 Å². The number of nitrogen functional groups attached to an aromatic ring is 1. The van der Waals surface area contributed by atoms with Gasteiger partial charge in [-0.3, -0.25) is 4.90 Å². The molecular weight excluding hydrogens is 441 g/mol. The van der Waals surface area contributed by atoms with Crippen molar-refractivity contribution in [3.05, 3.63) is 41.5 Å². The Morgan fingerprint density at radius 2 is 2.09 bits per heavy atom. The number of carboxylic acid groups (broad SMARTS) is 1. The second-order valence-electron chi connectivity index (χ2n) is 8.42. The molecule has 0 spiro atoms. The van der Waals surface area contributed by atoms with Crippen LogP contribution >= 0.6 is 0 Å². The van der Waals surface area contributed by atoms with Gasteiger partial charge in [0.1, 0.15) is 5.82 Å². The van der Waals surface area contributed by atoms with Gasteiger partial charge in [0.05, 0.1) is 36.9 Å². The quantitative estimate of drug-likeness (QED) is 0.557. The highest BCUT2D eigenvalue weighted by atomic mass is 19.1. The van der Waals surface area contributed by atoms with Crippen LogP contribution in [0.2, 0.25) is 0 Å². The average molecular weight is 463 g/mol. The van der Waals surface area contributed by atoms with Gasteiger partial charge < -0.3 is 20.3 Å². The minimum atomic E-state index is -1.14. The predicted molar refractivity (Wildman–Crippen MR) is 122 cm³/mol. The van der Waals surface area contributed by atoms with Gasteiger partial charge in [0.15, 0.2) is 5.82 Å². The fourth-order valence-electron chi connectivity index (χ4n) is 4.72. The first-order valence-electron chi connectivity index (χ1n) is 10.9. The van der Waals surface area contributed by atoms with Crippen LogP contribution in [0.5, 0.6) is 5.88 Å². The van der Waals surface area contributed by atoms with E-state index in [1.165, 1.54) is 17.3 Å². The standard InChI is InChI=1S/C24H22FN5O4/c1-12-17(9-29-23-20(12)13(8-26)2-5-34-23)16-6-14-7-19(28-10-18(14)22(27)21(16)25)30(24(31)32)15-3-4-33-11-15/h6-7,9-10,13,15H,2-5,11,27H2,1H3,(H,31,32)/t13-,15+/m1/s1. The molecule has 0 aliphatic carbocycles. The summed E-state index contributed by atoms with van der Waals surface area (Å²) in [5, 5.41) is 20.3. The van der Waals surface area contributed by atoms with Crippen molar-refractivity contribution in [1.29, 1.82) is 5.26 Å². The topological polar surface area (TPSA) is 135 Å². The first-order chi connectivity index (χ1) is 16.4. The molecule has 10 heteroatoms. The zero-order valence-corrected chi connectivity index (χ0v) is 18.4. The zero-order valence-electron chi connectivity index (χ0n) is 18.4. The van der Waals surface area contributed by atoms with Gasteiger partial charge in [-0.15, -0.1) is 0 Å². The number of amides is 1. The molecule has 34 heavy (non-hydrogen) atoms. The minimum Gasteiger partial charge on any atom is -0.477 e. The third-order valence-electron chi connectivity index (χ3n) is 6.50. The molecule has 0 unspecified atom stereocenters. The molecule has 1 fully saturated rings. The summed E-state index contributed by atoms with van der Waals surface area (Å²) < 4.78 is 26.4. The van der Waals surface area contributed by atoms with E-state index in [9.17, 15) is 15.2 Å². The molecule has 1 aromatic carbocycles. The third-order valence-corrected chi connectivity index (χ3v) is 6.50. The van der Waals surface area contributed by atoms with Crippen molar-refractivity contribution in [2.75, 3.05) is 30.5 Å². The SMILES string of the molecule is Cc1c(-c2cc3cc(N(C(=O)O)[C@H]4CCOC4)ncc3c(N)c2F)cnc2c1[C@@H](C#N)CCO2. The van der Waals surface area contributed by atoms with Crippen LogP contribution in [0.4, 0.5) is 20.7 Å². The Morgan fingerprint density at radius 3 is 2.79 bits per heavy atom. The molecule has 1 amide bonds. The number of hydrogen-bond donors (Lipinski definition) is 2. The number of aromatic nitrogens is 2. The lowest BCUT2D eigenvalue weighted by molar-refractivity contribution is 0.183. The highest BCUT2D eigenvalue weighted by molar-refractivity contribution is 5.99. The Bertz CT molecular complexity index is 1350. The summed E-state index contributed by atoms with van der Waals surface area (Å²) in [7, 11) is 0. The number of hydrogen-bond acceptors (Lipinski definition) is 7. The summed E-state index contributed by atoms with van der Waals surface area (Å²) in [5.74, 6) is -0.427. The highest BCUT2D eigenvalue weighted by Gasteiger charge is 2.31. The van der Waals surface area contributed by atoms with Gasteiger partial charge in [-0.2, -0.15) is 5.26 Å². The number of ether oxygens (including phenoxy) is 2. The predicted octanol–water partition coefficient (Wildman–Crippen LogP) is 3.99. The molecule has 2 atom stereocenters. The molecule has 0 radical (unpaired) electrons. The molecule has 5 rings (SSSR count). The number of pyridine rings is 2. The third kappa shape index (κ3) is 3.45. The van der Waals surface area contributed by atoms with E-state index < -0.39 is 17.8 Å². The molecule has 4 heterocycles. The summed E-state index contributed by atoms with van der Waals surface area (Å²) in [4.78, 5) is 21.7. The average Bonchev–Trinajstić information content (AvgIpc) is 3.35. The van der Waals surface area contributed by atoms with Crippen LogP contribution in [0, 0.1) is 24.1 Å². The van der Waals surface area contributed by atoms with Gasteiger partial charge in [0, 0.05) is 47.5 Å². The first-order valence-corrected chi connectivity index (χ1v) is 10.9. The summed E-state index contributed by atoms with van der Waals surface area (Å²) in [5.41, 5.74) is 8.10. The molecule has 174 valence electrons. The Kier molecular flexibility index (Phi) is 5.42. The van der Waals surface area contributed by atoms with Crippen LogP contribution in [0.3, 0.4) is 0 Å². The Hall–Kier alpha value is -3.97. The Morgan fingerprint density at radius 1 is 1.26 bits per heavy atom. The molecule has 1 saturated heterocycles. The smallest absolute Gasteiger partial charge is 0.413 e. The monoisotopic (exact) mass is 463 g/mol. The van der Waals surface area contributed by atoms with Gasteiger partial charge in [-0.25, -0.2) is 19.2 Å². The number of anilines is 2. The number of nitriles is 1. The van der Waals surface area contributed by atoms with Gasteiger partial charge in [0.2, 0.25) is 5.88 Å². The fraction of sp³-hybridized carbons (Fsp3) is 0.333. The summed E-state index contributed by atoms with van der Waals surface area (Å²) in [6.07, 6.45) is 2.85. The van der Waals surface area contributed by atoms with E-state index in [2.05, 4.69) is 16.0 Å². The van der Waals surface area contributed by atoms with Crippen molar-refractivity contribution in [2.45, 2.75) is 31.7 Å². The lowest BCUT2D eigenvalue weighted by Gasteiger charge is -2.25. The molecule has 9 nitrogen and oxygen atoms in total. The summed E-state index contributed by atoms with van der Waals surface area (Å²) >= 11 is 0. The minimum absolute atomic E-state index is 0.0946. The van der Waals surface area contributed by atoms with E-state index in [-0.39, 0.29) is 29.7 Å². The lowest BCUT2D eigenvalue weighted by atomic mass is 9.88. The number of rotatable bonds is 3. The van der Waals surface area contributed by atoms with Crippen LogP contribution in [0.25, 0.3) is 21.9 Å². The van der Waals surface area contributed by atoms with E-state index in [4.69, 9.17) is 15.2 Å². The van der Waals surface area contributed by atoms with Crippen molar-refractivity contribution in [3.63, 3.8) is 0 Å². The van der Waals surface area contributed by atoms with Crippen LogP contribution < -0.4 is 15.4 Å². The molecule has 2 aliphatic heterocycles. The van der Waals surface area contributed by atoms with E-state index in [0.29, 0.717) is 59.4 Å². The van der Waals surface area contributed by atoms with Crippen LogP contribution in [0.15, 0.2) is 24.5 Å². The molecule has 0 bridgehead atoms. The molecule has 3 aromatic rings. The van der Waals surface area contributed by atoms with Gasteiger partial charge in [-0.1, -0.05) is 0 Å². The van der Waals surface area contributed by atoms with Crippen molar-refractivity contribution < 1.29 is 23.8 Å². The second-order valence-corrected chi connectivity index (χ2v) is 8.42. The zero-order chi connectivity index (χ0) is 24.0. The van der Waals surface area contributed by atoms with Crippen LogP contribution in [-0.4, -0.2) is 47.0 Å². The second kappa shape index (κ2) is 8.43. The van der Waals surface area contributed by atoms with Crippen molar-refractivity contribution >= 4 is 28.4 Å². The normalized spacial score (nSPS) is 19.3. The molecule has 2 aromatic heterocycles. The number of nitrogens with zero attached hydrogens (tertiary/aromatic N) is 4. The van der Waals surface area contributed by atoms with Crippen LogP contribution in [0.1, 0.15) is 29.9 Å². The van der Waals surface area contributed by atoms with E-state index in [1.54, 1.807) is 19.1 Å². The molecule has 2 aliphatic rings. The lowest BCUT2D eigenvalue weighted by Crippen LogP contribution is -2.40. The highest BCUT2D eigenvalue weighted by Crippen LogP contribution is 2.41. The Labute approximate surface area is 194 Å². The number of nitrogens with two attached hydrogens (primary N) is 1. The first kappa shape index (κ1) is 21.9. The molecular formula is C24H22FN5O4. The maximum absolute atomic E-state index is 15.4. The van der Waals surface area contributed by atoms with Crippen LogP contribution in [-0.2, 0) is 4.74 Å². The van der Waals surface area contributed by atoms with Gasteiger partial charge in [-0.05, 0) is 36.4 Å². The number of fused-ring (bicyclic) bond motifs is 2. The van der Waals surface area contributed by atoms with Gasteiger partial charge >= 0.3 is 6.09 Å². The van der Waals surface area contributed by atoms with E-state index in [1.807, 2.05) is 0 Å². The largest absolute Gasteiger partial charge is 0.477 e. The van der Waals surface area contributed by atoms with E-state index >= 15 is 4.39 Å². The van der Waals surface area contributed by atoms with Crippen molar-refractivity contribution in [2.24, 2.45) is 0 Å². The number of halogens is 1. The number of benzene rings is 1. The maximum Gasteiger partial charge on any atom is 0.413 e. The number of carbonyl (C=O) groups is 1. The fourth-order valence-corrected chi connectivity index (χ4v) is 4.72. The summed E-state index contributed by atoms with van der Waals surface area (Å²) in [6.45, 7) is 2.96.